The second kappa shape index (κ2) is 6.69. The summed E-state index contributed by atoms with van der Waals surface area (Å²) in [7, 11) is 0. The highest BCUT2D eigenvalue weighted by atomic mass is 79.9. The lowest BCUT2D eigenvalue weighted by Crippen LogP contribution is -2.30. The van der Waals surface area contributed by atoms with Crippen molar-refractivity contribution in [1.82, 2.24) is 5.43 Å². The lowest BCUT2D eigenvalue weighted by molar-refractivity contribution is 0.546. The molecule has 0 bridgehead atoms. The normalized spacial score (nSPS) is 12.5. The molecule has 2 nitrogen and oxygen atoms in total. The Balaban J connectivity index is 2.34. The fourth-order valence-corrected chi connectivity index (χ4v) is 2.76. The Morgan fingerprint density at radius 3 is 2.29 bits per heavy atom. The number of nitrogens with two attached hydrogens (primary N) is 1. The van der Waals surface area contributed by atoms with Crippen LogP contribution in [0, 0.1) is 26.6 Å². The summed E-state index contributed by atoms with van der Waals surface area (Å²) in [5, 5.41) is 0. The first-order chi connectivity index (χ1) is 9.92. The van der Waals surface area contributed by atoms with Crippen molar-refractivity contribution < 1.29 is 4.39 Å². The van der Waals surface area contributed by atoms with Crippen LogP contribution in [0.3, 0.4) is 0 Å². The van der Waals surface area contributed by atoms with Crippen LogP contribution in [0.2, 0.25) is 0 Å². The molecule has 2 aromatic rings. The zero-order valence-corrected chi connectivity index (χ0v) is 14.1. The lowest BCUT2D eigenvalue weighted by atomic mass is 9.94. The third kappa shape index (κ3) is 3.70. The van der Waals surface area contributed by atoms with Crippen LogP contribution in [0.5, 0.6) is 0 Å². The molecule has 112 valence electrons. The smallest absolute Gasteiger partial charge is 0.123 e. The van der Waals surface area contributed by atoms with Gasteiger partial charge in [-0.1, -0.05) is 34.1 Å². The zero-order valence-electron chi connectivity index (χ0n) is 12.5. The Labute approximate surface area is 133 Å². The first-order valence-electron chi connectivity index (χ1n) is 6.90. The standard InChI is InChI=1S/C17H20BrFN2/c1-10-4-5-15(19)8-13(10)9-16(21-20)14-6-11(2)17(18)12(3)7-14/h4-8,16,21H,9,20H2,1-3H3. The number of aryl methyl sites for hydroxylation is 3. The highest BCUT2D eigenvalue weighted by molar-refractivity contribution is 9.10. The van der Waals surface area contributed by atoms with Gasteiger partial charge in [-0.3, -0.25) is 11.3 Å². The minimum absolute atomic E-state index is 0.0454. The lowest BCUT2D eigenvalue weighted by Gasteiger charge is -2.19. The van der Waals surface area contributed by atoms with Crippen LogP contribution >= 0.6 is 15.9 Å². The molecule has 1 unspecified atom stereocenters. The molecule has 0 saturated carbocycles. The molecule has 0 amide bonds. The average molecular weight is 351 g/mol. The van der Waals surface area contributed by atoms with E-state index in [9.17, 15) is 4.39 Å². The molecular weight excluding hydrogens is 331 g/mol. The number of hydrogen-bond acceptors (Lipinski definition) is 2. The third-order valence-corrected chi connectivity index (χ3v) is 5.05. The van der Waals surface area contributed by atoms with Gasteiger partial charge in [0.1, 0.15) is 5.82 Å². The van der Waals surface area contributed by atoms with Crippen LogP contribution < -0.4 is 11.3 Å². The van der Waals surface area contributed by atoms with Gasteiger partial charge in [-0.05, 0) is 67.1 Å². The monoisotopic (exact) mass is 350 g/mol. The minimum atomic E-state index is -0.213. The maximum Gasteiger partial charge on any atom is 0.123 e. The Hall–Kier alpha value is -1.23. The number of rotatable bonds is 4. The van der Waals surface area contributed by atoms with Crippen molar-refractivity contribution in [2.45, 2.75) is 33.2 Å². The summed E-state index contributed by atoms with van der Waals surface area (Å²) >= 11 is 3.57. The third-order valence-electron chi connectivity index (χ3n) is 3.80. The van der Waals surface area contributed by atoms with E-state index in [0.29, 0.717) is 6.42 Å². The summed E-state index contributed by atoms with van der Waals surface area (Å²) in [5.41, 5.74) is 8.34. The van der Waals surface area contributed by atoms with Crippen molar-refractivity contribution in [2.75, 3.05) is 0 Å². The Morgan fingerprint density at radius 2 is 1.71 bits per heavy atom. The maximum absolute atomic E-state index is 13.4. The second-order valence-corrected chi connectivity index (χ2v) is 6.26. The Bertz CT molecular complexity index is 632. The van der Waals surface area contributed by atoms with Crippen molar-refractivity contribution in [3.63, 3.8) is 0 Å². The van der Waals surface area contributed by atoms with Gasteiger partial charge in [0, 0.05) is 4.47 Å². The Morgan fingerprint density at radius 1 is 1.10 bits per heavy atom. The van der Waals surface area contributed by atoms with Gasteiger partial charge in [0.25, 0.3) is 0 Å². The summed E-state index contributed by atoms with van der Waals surface area (Å²) in [5.74, 6) is 5.51. The maximum atomic E-state index is 13.4. The predicted octanol–water partition coefficient (Wildman–Crippen LogP) is 4.26. The fourth-order valence-electron chi connectivity index (χ4n) is 2.53. The van der Waals surface area contributed by atoms with Gasteiger partial charge in [-0.2, -0.15) is 0 Å². The molecule has 0 spiro atoms. The summed E-state index contributed by atoms with van der Waals surface area (Å²) in [6, 6.07) is 9.04. The highest BCUT2D eigenvalue weighted by Crippen LogP contribution is 2.27. The molecule has 2 aromatic carbocycles. The first-order valence-corrected chi connectivity index (χ1v) is 7.69. The molecule has 2 rings (SSSR count). The second-order valence-electron chi connectivity index (χ2n) is 5.46. The van der Waals surface area contributed by atoms with Crippen molar-refractivity contribution in [3.05, 3.63) is 68.4 Å². The molecule has 1 atom stereocenters. The molecule has 0 aliphatic heterocycles. The number of benzene rings is 2. The summed E-state index contributed by atoms with van der Waals surface area (Å²) in [6.45, 7) is 6.10. The van der Waals surface area contributed by atoms with E-state index >= 15 is 0 Å². The van der Waals surface area contributed by atoms with E-state index in [4.69, 9.17) is 5.84 Å². The quantitative estimate of drug-likeness (QED) is 0.638. The molecule has 0 aliphatic rings. The highest BCUT2D eigenvalue weighted by Gasteiger charge is 2.14. The summed E-state index contributed by atoms with van der Waals surface area (Å²) in [6.07, 6.45) is 0.653. The fraction of sp³-hybridized carbons (Fsp3) is 0.294. The van der Waals surface area contributed by atoms with E-state index in [1.165, 1.54) is 17.2 Å². The molecule has 0 aliphatic carbocycles. The molecular formula is C17H20BrFN2. The van der Waals surface area contributed by atoms with E-state index in [2.05, 4.69) is 47.3 Å². The van der Waals surface area contributed by atoms with Crippen LogP contribution in [0.4, 0.5) is 4.39 Å². The van der Waals surface area contributed by atoms with E-state index in [0.717, 1.165) is 21.2 Å². The molecule has 0 fully saturated rings. The van der Waals surface area contributed by atoms with E-state index in [-0.39, 0.29) is 11.9 Å². The van der Waals surface area contributed by atoms with Crippen LogP contribution in [-0.2, 0) is 6.42 Å². The number of hydrogen-bond donors (Lipinski definition) is 2. The van der Waals surface area contributed by atoms with Crippen molar-refractivity contribution in [1.29, 1.82) is 0 Å². The molecule has 21 heavy (non-hydrogen) atoms. The predicted molar refractivity (Wildman–Crippen MR) is 88.5 cm³/mol. The largest absolute Gasteiger partial charge is 0.271 e. The number of hydrazine groups is 1. The zero-order chi connectivity index (χ0) is 15.6. The van der Waals surface area contributed by atoms with Crippen molar-refractivity contribution in [3.8, 4) is 0 Å². The molecule has 4 heteroatoms. The van der Waals surface area contributed by atoms with Gasteiger partial charge < -0.3 is 0 Å². The minimum Gasteiger partial charge on any atom is -0.271 e. The molecule has 0 aromatic heterocycles. The molecule has 3 N–H and O–H groups in total. The van der Waals surface area contributed by atoms with Crippen LogP contribution in [-0.4, -0.2) is 0 Å². The summed E-state index contributed by atoms with van der Waals surface area (Å²) in [4.78, 5) is 0. The number of nitrogens with one attached hydrogen (secondary N) is 1. The van der Waals surface area contributed by atoms with Gasteiger partial charge >= 0.3 is 0 Å². The van der Waals surface area contributed by atoms with Gasteiger partial charge in [0.2, 0.25) is 0 Å². The SMILES string of the molecule is Cc1ccc(F)cc1CC(NN)c1cc(C)c(Br)c(C)c1. The summed E-state index contributed by atoms with van der Waals surface area (Å²) < 4.78 is 14.5. The van der Waals surface area contributed by atoms with Crippen molar-refractivity contribution >= 4 is 15.9 Å². The van der Waals surface area contributed by atoms with Gasteiger partial charge in [0.05, 0.1) is 6.04 Å². The van der Waals surface area contributed by atoms with E-state index < -0.39 is 0 Å². The average Bonchev–Trinajstić information content (AvgIpc) is 2.45. The number of halogens is 2. The van der Waals surface area contributed by atoms with Gasteiger partial charge in [0.15, 0.2) is 0 Å². The van der Waals surface area contributed by atoms with Crippen molar-refractivity contribution in [2.24, 2.45) is 5.84 Å². The van der Waals surface area contributed by atoms with Gasteiger partial charge in [-0.25, -0.2) is 4.39 Å². The topological polar surface area (TPSA) is 38.0 Å². The molecule has 0 saturated heterocycles. The first kappa shape index (κ1) is 16.1. The molecule has 0 heterocycles. The van der Waals surface area contributed by atoms with Crippen LogP contribution in [0.25, 0.3) is 0 Å². The van der Waals surface area contributed by atoms with E-state index in [1.54, 1.807) is 12.1 Å². The van der Waals surface area contributed by atoms with E-state index in [1.807, 2.05) is 6.92 Å². The Kier molecular flexibility index (Phi) is 5.14. The molecule has 0 radical (unpaired) electrons. The van der Waals surface area contributed by atoms with Gasteiger partial charge in [-0.15, -0.1) is 0 Å². The van der Waals surface area contributed by atoms with Crippen LogP contribution in [0.1, 0.15) is 33.9 Å². The van der Waals surface area contributed by atoms with Crippen LogP contribution in [0.15, 0.2) is 34.8 Å².